The molecule has 0 saturated carbocycles. The zero-order valence-corrected chi connectivity index (χ0v) is 25.8. The summed E-state index contributed by atoms with van der Waals surface area (Å²) >= 11 is 0. The maximum Gasteiger partial charge on any atom is 0.147 e. The van der Waals surface area contributed by atoms with E-state index in [2.05, 4.69) is 140 Å². The van der Waals surface area contributed by atoms with Gasteiger partial charge in [-0.05, 0) is 82.3 Å². The molecule has 0 fully saturated rings. The van der Waals surface area contributed by atoms with Crippen molar-refractivity contribution in [3.05, 3.63) is 163 Å². The van der Waals surface area contributed by atoms with Gasteiger partial charge in [0.2, 0.25) is 0 Å². The van der Waals surface area contributed by atoms with Gasteiger partial charge >= 0.3 is 0 Å². The van der Waals surface area contributed by atoms with Crippen LogP contribution in [0, 0.1) is 6.92 Å². The van der Waals surface area contributed by atoms with Crippen molar-refractivity contribution in [3.8, 4) is 22.3 Å². The van der Waals surface area contributed by atoms with Gasteiger partial charge in [-0.3, -0.25) is 4.98 Å². The monoisotopic (exact) mass is 603 g/mol. The van der Waals surface area contributed by atoms with Gasteiger partial charge in [-0.2, -0.15) is 0 Å². The Morgan fingerprint density at radius 3 is 1.79 bits per heavy atom. The van der Waals surface area contributed by atoms with E-state index in [-0.39, 0.29) is 0 Å². The maximum atomic E-state index is 6.66. The summed E-state index contributed by atoms with van der Waals surface area (Å²) in [6.07, 6.45) is 6.02. The minimum atomic E-state index is 0.770. The molecular weight excluding hydrogens is 574 g/mol. The summed E-state index contributed by atoms with van der Waals surface area (Å²) < 4.78 is 13.3. The summed E-state index contributed by atoms with van der Waals surface area (Å²) in [5.74, 6) is 0. The highest BCUT2D eigenvalue weighted by Gasteiger charge is 2.21. The first kappa shape index (κ1) is 27.1. The number of hydrogen-bond acceptors (Lipinski definition) is 3. The van der Waals surface area contributed by atoms with E-state index in [1.54, 1.807) is 0 Å². The smallest absolute Gasteiger partial charge is 0.147 e. The predicted molar refractivity (Wildman–Crippen MR) is 196 cm³/mol. The maximum absolute atomic E-state index is 6.66. The molecular formula is C44H29NO2. The fourth-order valence-corrected chi connectivity index (χ4v) is 6.81. The van der Waals surface area contributed by atoms with Gasteiger partial charge in [-0.15, -0.1) is 0 Å². The molecule has 3 heteroatoms. The lowest BCUT2D eigenvalue weighted by Gasteiger charge is -2.07. The van der Waals surface area contributed by atoms with Gasteiger partial charge < -0.3 is 8.83 Å². The number of pyridine rings is 1. The first-order chi connectivity index (χ1) is 23.1. The van der Waals surface area contributed by atoms with Gasteiger partial charge in [0, 0.05) is 33.1 Å². The SMILES string of the molecule is C=C(/C=C\c1ccc2cccnc2c1C)c1c2oc3ccc(-c4ccccc4)cc3c2cc2c1oc1ccc(-c3ccccc3)cc12. The van der Waals surface area contributed by atoms with Crippen molar-refractivity contribution in [3.63, 3.8) is 0 Å². The van der Waals surface area contributed by atoms with Gasteiger partial charge in [-0.25, -0.2) is 0 Å². The molecule has 3 heterocycles. The van der Waals surface area contributed by atoms with Gasteiger partial charge in [0.05, 0.1) is 11.1 Å². The van der Waals surface area contributed by atoms with Crippen molar-refractivity contribution in [1.82, 2.24) is 4.98 Å². The number of aryl methyl sites for hydroxylation is 1. The number of hydrogen-bond donors (Lipinski definition) is 0. The third-order valence-corrected chi connectivity index (χ3v) is 9.26. The Kier molecular flexibility index (Phi) is 6.19. The molecule has 3 nitrogen and oxygen atoms in total. The zero-order valence-electron chi connectivity index (χ0n) is 25.8. The summed E-state index contributed by atoms with van der Waals surface area (Å²) in [5.41, 5.74) is 12.7. The van der Waals surface area contributed by atoms with Crippen LogP contribution in [0.4, 0.5) is 0 Å². The van der Waals surface area contributed by atoms with Crippen LogP contribution in [-0.4, -0.2) is 4.98 Å². The number of allylic oxidation sites excluding steroid dienone is 2. The number of aromatic nitrogens is 1. The number of furan rings is 2. The number of nitrogens with zero attached hydrogens (tertiary/aromatic N) is 1. The van der Waals surface area contributed by atoms with Crippen molar-refractivity contribution in [2.24, 2.45) is 0 Å². The molecule has 0 aliphatic rings. The topological polar surface area (TPSA) is 39.2 Å². The highest BCUT2D eigenvalue weighted by atomic mass is 16.3. The van der Waals surface area contributed by atoms with E-state index in [0.29, 0.717) is 0 Å². The summed E-state index contributed by atoms with van der Waals surface area (Å²) in [4.78, 5) is 4.63. The molecule has 0 atom stereocenters. The molecule has 47 heavy (non-hydrogen) atoms. The van der Waals surface area contributed by atoms with Crippen LogP contribution in [0.3, 0.4) is 0 Å². The van der Waals surface area contributed by atoms with Crippen molar-refractivity contribution >= 4 is 66.4 Å². The summed E-state index contributed by atoms with van der Waals surface area (Å²) in [5, 5.41) is 5.32. The molecule has 0 amide bonds. The van der Waals surface area contributed by atoms with Crippen LogP contribution in [0.25, 0.3) is 88.7 Å². The van der Waals surface area contributed by atoms with Gasteiger partial charge in [0.15, 0.2) is 0 Å². The van der Waals surface area contributed by atoms with E-state index in [1.807, 2.05) is 24.4 Å². The first-order valence-corrected chi connectivity index (χ1v) is 15.8. The Balaban J connectivity index is 1.28. The van der Waals surface area contributed by atoms with Crippen LogP contribution in [0.2, 0.25) is 0 Å². The molecule has 0 spiro atoms. The number of rotatable bonds is 5. The van der Waals surface area contributed by atoms with E-state index in [0.717, 1.165) is 88.2 Å². The molecule has 0 aliphatic carbocycles. The van der Waals surface area contributed by atoms with E-state index < -0.39 is 0 Å². The normalized spacial score (nSPS) is 11.9. The van der Waals surface area contributed by atoms with Crippen LogP contribution in [0.1, 0.15) is 16.7 Å². The number of fused-ring (bicyclic) bond motifs is 7. The molecule has 9 aromatic rings. The lowest BCUT2D eigenvalue weighted by atomic mass is 9.96. The quantitative estimate of drug-likeness (QED) is 0.184. The minimum absolute atomic E-state index is 0.770. The Bertz CT molecular complexity index is 2560. The van der Waals surface area contributed by atoms with Crippen LogP contribution in [0.5, 0.6) is 0 Å². The average Bonchev–Trinajstić information content (AvgIpc) is 3.68. The highest BCUT2D eigenvalue weighted by molar-refractivity contribution is 6.21. The molecule has 3 aromatic heterocycles. The Morgan fingerprint density at radius 2 is 1.19 bits per heavy atom. The molecule has 0 aliphatic heterocycles. The van der Waals surface area contributed by atoms with Crippen molar-refractivity contribution in [1.29, 1.82) is 0 Å². The van der Waals surface area contributed by atoms with Gasteiger partial charge in [0.1, 0.15) is 22.3 Å². The van der Waals surface area contributed by atoms with Crippen molar-refractivity contribution in [2.45, 2.75) is 6.92 Å². The zero-order chi connectivity index (χ0) is 31.5. The fraction of sp³-hybridized carbons (Fsp3) is 0.0227. The standard InChI is InChI=1S/C44H29NO2/c1-27(15-16-29-17-18-32-14-9-23-45-42(32)28(29)2)41-43-37(35-24-33(19-21-39(35)46-43)30-10-5-3-6-11-30)26-38-36-25-34(31-12-7-4-8-13-31)20-22-40(36)47-44(38)41/h3-26H,1H2,2H3/b16-15-. The molecule has 0 unspecified atom stereocenters. The third kappa shape index (κ3) is 4.47. The summed E-state index contributed by atoms with van der Waals surface area (Å²) in [6.45, 7) is 6.70. The molecule has 6 aromatic carbocycles. The van der Waals surface area contributed by atoms with Crippen LogP contribution < -0.4 is 0 Å². The highest BCUT2D eigenvalue weighted by Crippen LogP contribution is 2.44. The molecule has 0 N–H and O–H groups in total. The summed E-state index contributed by atoms with van der Waals surface area (Å²) in [6, 6.07) is 44.3. The average molecular weight is 604 g/mol. The Hall–Kier alpha value is -6.19. The van der Waals surface area contributed by atoms with Gasteiger partial charge in [-0.1, -0.05) is 110 Å². The second-order valence-electron chi connectivity index (χ2n) is 12.1. The molecule has 0 bridgehead atoms. The fourth-order valence-electron chi connectivity index (χ4n) is 6.81. The van der Waals surface area contributed by atoms with Crippen LogP contribution >= 0.6 is 0 Å². The van der Waals surface area contributed by atoms with Crippen molar-refractivity contribution in [2.75, 3.05) is 0 Å². The summed E-state index contributed by atoms with van der Waals surface area (Å²) in [7, 11) is 0. The van der Waals surface area contributed by atoms with E-state index in [1.165, 1.54) is 11.1 Å². The largest absolute Gasteiger partial charge is 0.455 e. The first-order valence-electron chi connectivity index (χ1n) is 15.8. The van der Waals surface area contributed by atoms with E-state index >= 15 is 0 Å². The molecule has 0 radical (unpaired) electrons. The molecule has 222 valence electrons. The Labute approximate surface area is 271 Å². The van der Waals surface area contributed by atoms with Gasteiger partial charge in [0.25, 0.3) is 0 Å². The minimum Gasteiger partial charge on any atom is -0.455 e. The van der Waals surface area contributed by atoms with E-state index in [4.69, 9.17) is 8.83 Å². The Morgan fingerprint density at radius 1 is 0.596 bits per heavy atom. The van der Waals surface area contributed by atoms with Crippen LogP contribution in [-0.2, 0) is 0 Å². The predicted octanol–water partition coefficient (Wildman–Crippen LogP) is 12.4. The third-order valence-electron chi connectivity index (χ3n) is 9.26. The van der Waals surface area contributed by atoms with Crippen molar-refractivity contribution < 1.29 is 8.83 Å². The number of benzene rings is 6. The molecule has 0 saturated heterocycles. The second-order valence-corrected chi connectivity index (χ2v) is 12.1. The second kappa shape index (κ2) is 10.7. The lowest BCUT2D eigenvalue weighted by molar-refractivity contribution is 0.654. The lowest BCUT2D eigenvalue weighted by Crippen LogP contribution is -1.87. The van der Waals surface area contributed by atoms with Crippen LogP contribution in [0.15, 0.2) is 155 Å². The molecule has 9 rings (SSSR count). The van der Waals surface area contributed by atoms with E-state index in [9.17, 15) is 0 Å².